The molecule has 0 fully saturated rings. The first-order chi connectivity index (χ1) is 9.04. The van der Waals surface area contributed by atoms with Crippen LogP contribution in [0.25, 0.3) is 0 Å². The van der Waals surface area contributed by atoms with E-state index in [1.807, 2.05) is 13.0 Å². The number of nitrogens with zero attached hydrogens (tertiary/aromatic N) is 1. The molecule has 1 aromatic carbocycles. The number of ketones is 1. The maximum atomic E-state index is 13.9. The average molecular weight is 294 g/mol. The van der Waals surface area contributed by atoms with Gasteiger partial charge in [0.05, 0.1) is 16.0 Å². The Labute approximate surface area is 119 Å². The van der Waals surface area contributed by atoms with Crippen LogP contribution in [0.3, 0.4) is 0 Å². The van der Waals surface area contributed by atoms with Crippen molar-refractivity contribution < 1.29 is 9.18 Å². The first kappa shape index (κ1) is 13.7. The molecule has 1 unspecified atom stereocenters. The van der Waals surface area contributed by atoms with E-state index < -0.39 is 17.5 Å². The van der Waals surface area contributed by atoms with Crippen LogP contribution >= 0.6 is 22.9 Å². The third-order valence-corrected chi connectivity index (χ3v) is 3.97. The molecule has 1 aromatic heterocycles. The lowest BCUT2D eigenvalue weighted by Crippen LogP contribution is -2.11. The number of thiophene rings is 1. The molecule has 0 saturated heterocycles. The van der Waals surface area contributed by atoms with Gasteiger partial charge in [-0.3, -0.25) is 4.79 Å². The predicted octanol–water partition coefficient (Wildman–Crippen LogP) is 4.34. The summed E-state index contributed by atoms with van der Waals surface area (Å²) in [4.78, 5) is 13.6. The molecule has 0 radical (unpaired) electrons. The molecule has 1 atom stereocenters. The number of hydrogen-bond donors (Lipinski definition) is 0. The zero-order valence-corrected chi connectivity index (χ0v) is 11.6. The molecule has 96 valence electrons. The minimum atomic E-state index is -1.17. The number of carbonyl (C=O) groups is 1. The summed E-state index contributed by atoms with van der Waals surface area (Å²) in [6, 6.07) is 9.61. The molecule has 1 heterocycles. The van der Waals surface area contributed by atoms with E-state index in [9.17, 15) is 9.18 Å². The van der Waals surface area contributed by atoms with E-state index in [0.717, 1.165) is 4.88 Å². The summed E-state index contributed by atoms with van der Waals surface area (Å²) in [6.07, 6.45) is 0. The van der Waals surface area contributed by atoms with E-state index in [2.05, 4.69) is 0 Å². The maximum Gasteiger partial charge on any atom is 0.194 e. The Balaban J connectivity index is 2.43. The van der Waals surface area contributed by atoms with Crippen LogP contribution in [-0.2, 0) is 0 Å². The summed E-state index contributed by atoms with van der Waals surface area (Å²) in [5.74, 6) is -2.28. The Bertz CT molecular complexity index is 674. The van der Waals surface area contributed by atoms with Crippen molar-refractivity contribution in [1.82, 2.24) is 0 Å². The van der Waals surface area contributed by atoms with Crippen LogP contribution in [0.15, 0.2) is 30.3 Å². The summed E-state index contributed by atoms with van der Waals surface area (Å²) >= 11 is 6.96. The highest BCUT2D eigenvalue weighted by atomic mass is 35.5. The van der Waals surface area contributed by atoms with Crippen LogP contribution in [0.4, 0.5) is 4.39 Å². The summed E-state index contributed by atoms with van der Waals surface area (Å²) in [5, 5.41) is 9.07. The molecule has 0 bridgehead atoms. The lowest BCUT2D eigenvalue weighted by Gasteiger charge is -2.09. The lowest BCUT2D eigenvalue weighted by atomic mass is 9.95. The number of rotatable bonds is 3. The molecule has 0 N–H and O–H groups in total. The Morgan fingerprint density at radius 2 is 2.16 bits per heavy atom. The van der Waals surface area contributed by atoms with Gasteiger partial charge in [-0.05, 0) is 25.1 Å². The molecule has 0 saturated carbocycles. The van der Waals surface area contributed by atoms with Crippen LogP contribution in [0, 0.1) is 24.1 Å². The second kappa shape index (κ2) is 5.52. The standard InChI is InChI=1S/C14H9ClFNOS/c1-8-5-6-12(19-8)14(18)10(7-17)9-3-2-4-11(15)13(9)16/h2-6,10H,1H3. The third-order valence-electron chi connectivity index (χ3n) is 2.67. The number of carbonyl (C=O) groups excluding carboxylic acids is 1. The van der Waals surface area contributed by atoms with E-state index in [0.29, 0.717) is 4.88 Å². The number of halogens is 2. The molecule has 19 heavy (non-hydrogen) atoms. The fourth-order valence-corrected chi connectivity index (χ4v) is 2.74. The molecule has 2 rings (SSSR count). The first-order valence-electron chi connectivity index (χ1n) is 5.48. The van der Waals surface area contributed by atoms with Gasteiger partial charge in [-0.2, -0.15) is 5.26 Å². The summed E-state index contributed by atoms with van der Waals surface area (Å²) < 4.78 is 13.9. The van der Waals surface area contributed by atoms with E-state index in [4.69, 9.17) is 16.9 Å². The van der Waals surface area contributed by atoms with Crippen molar-refractivity contribution in [2.24, 2.45) is 0 Å². The monoisotopic (exact) mass is 293 g/mol. The van der Waals surface area contributed by atoms with Crippen LogP contribution < -0.4 is 0 Å². The van der Waals surface area contributed by atoms with Crippen molar-refractivity contribution in [2.45, 2.75) is 12.8 Å². The second-order valence-corrected chi connectivity index (χ2v) is 5.67. The molecule has 0 amide bonds. The lowest BCUT2D eigenvalue weighted by molar-refractivity contribution is 0.0981. The fraction of sp³-hybridized carbons (Fsp3) is 0.143. The van der Waals surface area contributed by atoms with Crippen molar-refractivity contribution in [2.75, 3.05) is 0 Å². The zero-order chi connectivity index (χ0) is 14.0. The van der Waals surface area contributed by atoms with Gasteiger partial charge in [-0.25, -0.2) is 4.39 Å². The van der Waals surface area contributed by atoms with Gasteiger partial charge in [0.2, 0.25) is 0 Å². The molecular weight excluding hydrogens is 285 g/mol. The molecule has 0 aliphatic rings. The fourth-order valence-electron chi connectivity index (χ4n) is 1.72. The topological polar surface area (TPSA) is 40.9 Å². The Morgan fingerprint density at radius 3 is 2.74 bits per heavy atom. The molecule has 0 aliphatic carbocycles. The maximum absolute atomic E-state index is 13.9. The second-order valence-electron chi connectivity index (χ2n) is 3.98. The van der Waals surface area contributed by atoms with Crippen LogP contribution in [0.1, 0.15) is 26.0 Å². The van der Waals surface area contributed by atoms with Gasteiger partial charge in [0.25, 0.3) is 0 Å². The molecule has 2 nitrogen and oxygen atoms in total. The van der Waals surface area contributed by atoms with Crippen molar-refractivity contribution >= 4 is 28.7 Å². The highest BCUT2D eigenvalue weighted by Gasteiger charge is 2.26. The average Bonchev–Trinajstić information content (AvgIpc) is 2.82. The quantitative estimate of drug-likeness (QED) is 0.790. The summed E-state index contributed by atoms with van der Waals surface area (Å²) in [7, 11) is 0. The number of benzene rings is 1. The van der Waals surface area contributed by atoms with Crippen molar-refractivity contribution in [3.05, 3.63) is 56.5 Å². The number of hydrogen-bond acceptors (Lipinski definition) is 3. The summed E-state index contributed by atoms with van der Waals surface area (Å²) in [6.45, 7) is 1.86. The van der Waals surface area contributed by atoms with Gasteiger partial charge in [0, 0.05) is 10.4 Å². The SMILES string of the molecule is Cc1ccc(C(=O)C(C#N)c2cccc(Cl)c2F)s1. The molecule has 5 heteroatoms. The third kappa shape index (κ3) is 2.67. The van der Waals surface area contributed by atoms with Crippen molar-refractivity contribution in [1.29, 1.82) is 5.26 Å². The zero-order valence-electron chi connectivity index (χ0n) is 9.98. The minimum Gasteiger partial charge on any atom is -0.291 e. The Kier molecular flexibility index (Phi) is 3.98. The van der Waals surface area contributed by atoms with Crippen LogP contribution in [0.5, 0.6) is 0 Å². The predicted molar refractivity (Wildman–Crippen MR) is 73.2 cm³/mol. The van der Waals surface area contributed by atoms with Crippen LogP contribution in [-0.4, -0.2) is 5.78 Å². The number of aryl methyl sites for hydroxylation is 1. The first-order valence-corrected chi connectivity index (χ1v) is 6.68. The van der Waals surface area contributed by atoms with Crippen molar-refractivity contribution in [3.63, 3.8) is 0 Å². The highest BCUT2D eigenvalue weighted by molar-refractivity contribution is 7.14. The van der Waals surface area contributed by atoms with Gasteiger partial charge >= 0.3 is 0 Å². The van der Waals surface area contributed by atoms with Gasteiger partial charge in [0.15, 0.2) is 5.78 Å². The summed E-state index contributed by atoms with van der Waals surface area (Å²) in [5.41, 5.74) is 0.0195. The van der Waals surface area contributed by atoms with Gasteiger partial charge in [-0.15, -0.1) is 11.3 Å². The van der Waals surface area contributed by atoms with E-state index in [-0.39, 0.29) is 10.6 Å². The smallest absolute Gasteiger partial charge is 0.194 e. The molecule has 2 aromatic rings. The normalized spacial score (nSPS) is 11.9. The van der Waals surface area contributed by atoms with E-state index >= 15 is 0 Å². The van der Waals surface area contributed by atoms with E-state index in [1.54, 1.807) is 12.1 Å². The van der Waals surface area contributed by atoms with E-state index in [1.165, 1.54) is 29.5 Å². The highest BCUT2D eigenvalue weighted by Crippen LogP contribution is 2.29. The number of Topliss-reactive ketones (excluding diaryl/α,β-unsaturated/α-hetero) is 1. The Morgan fingerprint density at radius 1 is 1.42 bits per heavy atom. The molecular formula is C14H9ClFNOS. The Hall–Kier alpha value is -1.70. The van der Waals surface area contributed by atoms with Gasteiger partial charge < -0.3 is 0 Å². The molecule has 0 aliphatic heterocycles. The minimum absolute atomic E-state index is 0.0195. The number of nitriles is 1. The molecule has 0 spiro atoms. The van der Waals surface area contributed by atoms with Gasteiger partial charge in [0.1, 0.15) is 11.7 Å². The largest absolute Gasteiger partial charge is 0.291 e. The van der Waals surface area contributed by atoms with Crippen molar-refractivity contribution in [3.8, 4) is 6.07 Å². The van der Waals surface area contributed by atoms with Crippen LogP contribution in [0.2, 0.25) is 5.02 Å². The van der Waals surface area contributed by atoms with Gasteiger partial charge in [-0.1, -0.05) is 23.7 Å².